The van der Waals surface area contributed by atoms with Crippen molar-refractivity contribution in [2.45, 2.75) is 6.04 Å². The third kappa shape index (κ3) is 3.92. The van der Waals surface area contributed by atoms with Crippen molar-refractivity contribution in [3.63, 3.8) is 0 Å². The molecule has 7 nitrogen and oxygen atoms in total. The maximum absolute atomic E-state index is 13.2. The summed E-state index contributed by atoms with van der Waals surface area (Å²) in [5.41, 5.74) is 0.616. The molecule has 2 aromatic carbocycles. The summed E-state index contributed by atoms with van der Waals surface area (Å²) in [6.45, 7) is 0. The fourth-order valence-corrected chi connectivity index (χ4v) is 4.81. The second-order valence-electron chi connectivity index (χ2n) is 7.07. The van der Waals surface area contributed by atoms with E-state index >= 15 is 0 Å². The van der Waals surface area contributed by atoms with Crippen LogP contribution < -0.4 is 19.1 Å². The van der Waals surface area contributed by atoms with Gasteiger partial charge in [-0.1, -0.05) is 17.7 Å². The van der Waals surface area contributed by atoms with Crippen LogP contribution in [0.15, 0.2) is 59.5 Å². The highest BCUT2D eigenvalue weighted by molar-refractivity contribution is 7.10. The Kier molecular flexibility index (Phi) is 6.31. The largest absolute Gasteiger partial charge is 0.507 e. The Morgan fingerprint density at radius 3 is 2.27 bits per heavy atom. The first-order valence-corrected chi connectivity index (χ1v) is 11.1. The van der Waals surface area contributed by atoms with Crippen LogP contribution >= 0.6 is 22.9 Å². The summed E-state index contributed by atoms with van der Waals surface area (Å²) in [6, 6.07) is 12.5. The molecule has 170 valence electrons. The molecule has 1 amide bonds. The lowest BCUT2D eigenvalue weighted by Gasteiger charge is -2.24. The molecule has 4 rings (SSSR count). The van der Waals surface area contributed by atoms with E-state index in [9.17, 15) is 14.7 Å². The van der Waals surface area contributed by atoms with Gasteiger partial charge in [0.2, 0.25) is 0 Å². The number of anilines is 1. The molecule has 1 aliphatic rings. The molecule has 0 aliphatic carbocycles. The van der Waals surface area contributed by atoms with Gasteiger partial charge in [0.1, 0.15) is 29.0 Å². The summed E-state index contributed by atoms with van der Waals surface area (Å²) in [5, 5.41) is 13.4. The van der Waals surface area contributed by atoms with E-state index in [4.69, 9.17) is 25.8 Å². The number of hydrogen-bond acceptors (Lipinski definition) is 7. The number of ether oxygens (including phenoxy) is 3. The van der Waals surface area contributed by atoms with Gasteiger partial charge in [0.15, 0.2) is 0 Å². The summed E-state index contributed by atoms with van der Waals surface area (Å²) in [7, 11) is 4.42. The number of hydrogen-bond donors (Lipinski definition) is 1. The molecule has 0 bridgehead atoms. The van der Waals surface area contributed by atoms with Gasteiger partial charge in [0.05, 0.1) is 37.5 Å². The smallest absolute Gasteiger partial charge is 0.300 e. The molecule has 1 aliphatic heterocycles. The molecule has 0 saturated carbocycles. The zero-order chi connectivity index (χ0) is 23.7. The molecule has 1 N–H and O–H groups in total. The number of halogens is 1. The zero-order valence-electron chi connectivity index (χ0n) is 18.0. The summed E-state index contributed by atoms with van der Waals surface area (Å²) < 4.78 is 15.8. The minimum atomic E-state index is -0.830. The Labute approximate surface area is 199 Å². The van der Waals surface area contributed by atoms with Gasteiger partial charge in [-0.3, -0.25) is 14.5 Å². The number of methoxy groups -OCH3 is 3. The Morgan fingerprint density at radius 2 is 1.70 bits per heavy atom. The van der Waals surface area contributed by atoms with Gasteiger partial charge >= 0.3 is 0 Å². The number of thiophene rings is 1. The number of Topliss-reactive ketones (excluding diaryl/α,β-unsaturated/α-hetero) is 1. The number of benzene rings is 2. The first kappa shape index (κ1) is 22.7. The highest BCUT2D eigenvalue weighted by Crippen LogP contribution is 2.45. The van der Waals surface area contributed by atoms with Gasteiger partial charge in [-0.15, -0.1) is 11.3 Å². The fourth-order valence-electron chi connectivity index (χ4n) is 3.75. The Bertz CT molecular complexity index is 1240. The standard InChI is InChI=1S/C24H20ClNO6S/c1-30-14-8-6-13(7-9-14)26-21(19-5-4-10-33-19)20(23(28)24(26)29)22(27)15-11-16(25)18(32-3)12-17(15)31-2/h4-12,21,27H,1-3H3/b22-20-. The number of carbonyl (C=O) groups is 2. The second kappa shape index (κ2) is 9.17. The van der Waals surface area contributed by atoms with Crippen molar-refractivity contribution in [1.82, 2.24) is 0 Å². The maximum Gasteiger partial charge on any atom is 0.300 e. The van der Waals surface area contributed by atoms with Crippen LogP contribution in [0.1, 0.15) is 16.5 Å². The molecular formula is C24H20ClNO6S. The quantitative estimate of drug-likeness (QED) is 0.298. The Morgan fingerprint density at radius 1 is 1.00 bits per heavy atom. The molecule has 1 atom stereocenters. The van der Waals surface area contributed by atoms with Gasteiger partial charge in [0.25, 0.3) is 11.7 Å². The summed E-state index contributed by atoms with van der Waals surface area (Å²) in [5.74, 6) is -0.743. The Balaban J connectivity index is 1.93. The van der Waals surface area contributed by atoms with Crippen LogP contribution in [-0.4, -0.2) is 38.1 Å². The van der Waals surface area contributed by atoms with E-state index in [1.54, 1.807) is 31.4 Å². The van der Waals surface area contributed by atoms with Crippen molar-refractivity contribution in [1.29, 1.82) is 0 Å². The monoisotopic (exact) mass is 485 g/mol. The molecule has 2 heterocycles. The fraction of sp³-hybridized carbons (Fsp3) is 0.167. The third-order valence-corrected chi connectivity index (χ3v) is 6.56. The van der Waals surface area contributed by atoms with Gasteiger partial charge < -0.3 is 19.3 Å². The van der Waals surface area contributed by atoms with Gasteiger partial charge in [-0.05, 0) is 41.8 Å². The van der Waals surface area contributed by atoms with Gasteiger partial charge in [-0.25, -0.2) is 0 Å². The first-order chi connectivity index (χ1) is 15.9. The topological polar surface area (TPSA) is 85.3 Å². The average molecular weight is 486 g/mol. The van der Waals surface area contributed by atoms with E-state index in [-0.39, 0.29) is 27.7 Å². The first-order valence-electron chi connectivity index (χ1n) is 9.81. The van der Waals surface area contributed by atoms with E-state index < -0.39 is 17.7 Å². The van der Waals surface area contributed by atoms with Crippen LogP contribution in [0.3, 0.4) is 0 Å². The van der Waals surface area contributed by atoms with E-state index in [0.717, 1.165) is 0 Å². The summed E-state index contributed by atoms with van der Waals surface area (Å²) in [6.07, 6.45) is 0. The third-order valence-electron chi connectivity index (χ3n) is 5.34. The van der Waals surface area contributed by atoms with Crippen molar-refractivity contribution < 1.29 is 28.9 Å². The maximum atomic E-state index is 13.2. The number of aliphatic hydroxyl groups is 1. The number of aliphatic hydroxyl groups excluding tert-OH is 1. The molecule has 3 aromatic rings. The minimum Gasteiger partial charge on any atom is -0.507 e. The summed E-state index contributed by atoms with van der Waals surface area (Å²) >= 11 is 7.65. The number of amides is 1. The van der Waals surface area contributed by atoms with Crippen molar-refractivity contribution in [2.75, 3.05) is 26.2 Å². The zero-order valence-corrected chi connectivity index (χ0v) is 19.6. The average Bonchev–Trinajstić information content (AvgIpc) is 3.45. The lowest BCUT2D eigenvalue weighted by molar-refractivity contribution is -0.132. The van der Waals surface area contributed by atoms with Crippen molar-refractivity contribution >= 4 is 46.1 Å². The minimum absolute atomic E-state index is 0.0576. The van der Waals surface area contributed by atoms with Gasteiger partial charge in [-0.2, -0.15) is 0 Å². The predicted molar refractivity (Wildman–Crippen MR) is 127 cm³/mol. The molecule has 0 spiro atoms. The van der Waals surface area contributed by atoms with E-state index in [1.807, 2.05) is 17.5 Å². The van der Waals surface area contributed by atoms with Crippen LogP contribution in [0.4, 0.5) is 5.69 Å². The number of ketones is 1. The predicted octanol–water partition coefficient (Wildman–Crippen LogP) is 5.05. The van der Waals surface area contributed by atoms with E-state index in [0.29, 0.717) is 22.1 Å². The lowest BCUT2D eigenvalue weighted by atomic mass is 9.99. The molecule has 1 fully saturated rings. The van der Waals surface area contributed by atoms with Crippen LogP contribution in [-0.2, 0) is 9.59 Å². The molecular weight excluding hydrogens is 466 g/mol. The summed E-state index contributed by atoms with van der Waals surface area (Å²) in [4.78, 5) is 28.5. The highest BCUT2D eigenvalue weighted by atomic mass is 35.5. The molecule has 33 heavy (non-hydrogen) atoms. The lowest BCUT2D eigenvalue weighted by Crippen LogP contribution is -2.29. The van der Waals surface area contributed by atoms with Crippen LogP contribution in [0.2, 0.25) is 5.02 Å². The molecule has 1 aromatic heterocycles. The molecule has 0 radical (unpaired) electrons. The molecule has 1 unspecified atom stereocenters. The van der Waals surface area contributed by atoms with E-state index in [2.05, 4.69) is 0 Å². The van der Waals surface area contributed by atoms with Crippen molar-refractivity contribution in [2.24, 2.45) is 0 Å². The van der Waals surface area contributed by atoms with Crippen LogP contribution in [0.25, 0.3) is 5.76 Å². The van der Waals surface area contributed by atoms with Crippen molar-refractivity contribution in [3.8, 4) is 17.2 Å². The van der Waals surface area contributed by atoms with Crippen LogP contribution in [0, 0.1) is 0 Å². The number of carbonyl (C=O) groups excluding carboxylic acids is 2. The Hall–Kier alpha value is -3.49. The van der Waals surface area contributed by atoms with E-state index in [1.165, 1.54) is 42.6 Å². The molecule has 9 heteroatoms. The van der Waals surface area contributed by atoms with Crippen LogP contribution in [0.5, 0.6) is 17.2 Å². The van der Waals surface area contributed by atoms with Gasteiger partial charge in [0, 0.05) is 16.6 Å². The SMILES string of the molecule is COc1ccc(N2C(=O)C(=O)/C(=C(\O)c3cc(Cl)c(OC)cc3OC)C2c2cccs2)cc1. The highest BCUT2D eigenvalue weighted by Gasteiger charge is 2.47. The van der Waals surface area contributed by atoms with Crippen molar-refractivity contribution in [3.05, 3.63) is 74.9 Å². The number of nitrogens with zero attached hydrogens (tertiary/aromatic N) is 1. The normalized spacial score (nSPS) is 17.3. The number of rotatable bonds is 6. The molecule has 1 saturated heterocycles. The second-order valence-corrected chi connectivity index (χ2v) is 8.46.